The Morgan fingerprint density at radius 2 is 2.00 bits per heavy atom. The molecule has 1 nitrogen and oxygen atoms in total. The standard InChI is InChI=1S/C14H12OS2/c15-11-12(14-7-4-9-17-14)8-10-16-13-5-2-1-3-6-13/h1-9,11H,10H2/b12-8-. The second-order valence-corrected chi connectivity index (χ2v) is 5.42. The molecule has 0 radical (unpaired) electrons. The van der Waals surface area contributed by atoms with E-state index in [-0.39, 0.29) is 0 Å². The summed E-state index contributed by atoms with van der Waals surface area (Å²) < 4.78 is 0. The largest absolute Gasteiger partial charge is 0.298 e. The second kappa shape index (κ2) is 6.42. The van der Waals surface area contributed by atoms with Gasteiger partial charge in [0.2, 0.25) is 0 Å². The molecule has 17 heavy (non-hydrogen) atoms. The lowest BCUT2D eigenvalue weighted by molar-refractivity contribution is -0.103. The fraction of sp³-hybridized carbons (Fsp3) is 0.0714. The maximum Gasteiger partial charge on any atom is 0.151 e. The molecule has 2 aromatic rings. The van der Waals surface area contributed by atoms with Crippen LogP contribution in [0.2, 0.25) is 0 Å². The fourth-order valence-electron chi connectivity index (χ4n) is 1.39. The molecule has 86 valence electrons. The van der Waals surface area contributed by atoms with Gasteiger partial charge in [-0.15, -0.1) is 23.1 Å². The van der Waals surface area contributed by atoms with Crippen molar-refractivity contribution in [2.24, 2.45) is 0 Å². The van der Waals surface area contributed by atoms with Crippen molar-refractivity contribution >= 4 is 35.0 Å². The highest BCUT2D eigenvalue weighted by molar-refractivity contribution is 7.99. The van der Waals surface area contributed by atoms with Crippen LogP contribution in [0.1, 0.15) is 4.88 Å². The van der Waals surface area contributed by atoms with Gasteiger partial charge >= 0.3 is 0 Å². The Hall–Kier alpha value is -1.32. The fourth-order valence-corrected chi connectivity index (χ4v) is 2.93. The highest BCUT2D eigenvalue weighted by atomic mass is 32.2. The molecule has 0 saturated carbocycles. The van der Waals surface area contributed by atoms with Gasteiger partial charge in [-0.25, -0.2) is 0 Å². The summed E-state index contributed by atoms with van der Waals surface area (Å²) in [6.45, 7) is 0. The monoisotopic (exact) mass is 260 g/mol. The first-order valence-corrected chi connectivity index (χ1v) is 7.14. The van der Waals surface area contributed by atoms with Gasteiger partial charge in [0.15, 0.2) is 6.29 Å². The van der Waals surface area contributed by atoms with Crippen LogP contribution in [0.5, 0.6) is 0 Å². The number of thiophene rings is 1. The van der Waals surface area contributed by atoms with Gasteiger partial charge in [-0.05, 0) is 23.6 Å². The van der Waals surface area contributed by atoms with Crippen LogP contribution in [0.25, 0.3) is 5.57 Å². The van der Waals surface area contributed by atoms with Crippen LogP contribution < -0.4 is 0 Å². The molecule has 0 aliphatic rings. The van der Waals surface area contributed by atoms with Gasteiger partial charge in [0.25, 0.3) is 0 Å². The summed E-state index contributed by atoms with van der Waals surface area (Å²) in [4.78, 5) is 13.2. The Kier molecular flexibility index (Phi) is 4.59. The predicted octanol–water partition coefficient (Wildman–Crippen LogP) is 4.12. The van der Waals surface area contributed by atoms with Crippen molar-refractivity contribution in [3.63, 3.8) is 0 Å². The smallest absolute Gasteiger partial charge is 0.151 e. The van der Waals surface area contributed by atoms with Gasteiger partial charge in [0.05, 0.1) is 0 Å². The zero-order valence-electron chi connectivity index (χ0n) is 9.21. The van der Waals surface area contributed by atoms with Crippen LogP contribution in [0.3, 0.4) is 0 Å². The first kappa shape index (κ1) is 12.1. The predicted molar refractivity (Wildman–Crippen MR) is 75.5 cm³/mol. The Morgan fingerprint density at radius 3 is 2.65 bits per heavy atom. The molecule has 0 aliphatic heterocycles. The van der Waals surface area contributed by atoms with E-state index in [0.717, 1.165) is 22.5 Å². The minimum atomic E-state index is 0.781. The van der Waals surface area contributed by atoms with Crippen LogP contribution in [0, 0.1) is 0 Å². The van der Waals surface area contributed by atoms with E-state index in [1.165, 1.54) is 4.90 Å². The zero-order chi connectivity index (χ0) is 11.9. The first-order chi connectivity index (χ1) is 8.40. The molecule has 0 N–H and O–H groups in total. The van der Waals surface area contributed by atoms with E-state index in [9.17, 15) is 4.79 Å². The van der Waals surface area contributed by atoms with Crippen molar-refractivity contribution < 1.29 is 4.79 Å². The number of allylic oxidation sites excluding steroid dienone is 1. The van der Waals surface area contributed by atoms with Gasteiger partial charge in [0.1, 0.15) is 0 Å². The van der Waals surface area contributed by atoms with Crippen molar-refractivity contribution in [3.8, 4) is 0 Å². The number of aldehydes is 1. The summed E-state index contributed by atoms with van der Waals surface area (Å²) in [5.41, 5.74) is 0.781. The summed E-state index contributed by atoms with van der Waals surface area (Å²) in [6.07, 6.45) is 2.91. The minimum absolute atomic E-state index is 0.781. The van der Waals surface area contributed by atoms with Crippen LogP contribution in [0.4, 0.5) is 0 Å². The molecule has 3 heteroatoms. The average Bonchev–Trinajstić information content (AvgIpc) is 2.90. The van der Waals surface area contributed by atoms with E-state index in [1.807, 2.05) is 41.8 Å². The molecular formula is C14H12OS2. The summed E-state index contributed by atoms with van der Waals surface area (Å²) in [7, 11) is 0. The highest BCUT2D eigenvalue weighted by Crippen LogP contribution is 2.21. The molecule has 0 aliphatic carbocycles. The summed E-state index contributed by atoms with van der Waals surface area (Å²) in [6, 6.07) is 14.1. The number of hydrogen-bond acceptors (Lipinski definition) is 3. The maximum atomic E-state index is 11.0. The number of hydrogen-bond donors (Lipinski definition) is 0. The van der Waals surface area contributed by atoms with Crippen molar-refractivity contribution in [2.45, 2.75) is 4.90 Å². The van der Waals surface area contributed by atoms with Gasteiger partial charge in [0, 0.05) is 21.1 Å². The minimum Gasteiger partial charge on any atom is -0.298 e. The lowest BCUT2D eigenvalue weighted by Crippen LogP contribution is -1.83. The molecule has 0 bridgehead atoms. The third-order valence-corrected chi connectivity index (χ3v) is 4.09. The Balaban J connectivity index is 1.98. The second-order valence-electron chi connectivity index (χ2n) is 3.38. The summed E-state index contributed by atoms with van der Waals surface area (Å²) in [5, 5.41) is 1.98. The van der Waals surface area contributed by atoms with Crippen LogP contribution in [-0.4, -0.2) is 12.0 Å². The molecule has 0 atom stereocenters. The maximum absolute atomic E-state index is 11.0. The molecule has 0 unspecified atom stereocenters. The molecule has 2 rings (SSSR count). The zero-order valence-corrected chi connectivity index (χ0v) is 10.8. The van der Waals surface area contributed by atoms with E-state index in [0.29, 0.717) is 0 Å². The third kappa shape index (κ3) is 3.58. The van der Waals surface area contributed by atoms with Crippen LogP contribution in [0.15, 0.2) is 58.8 Å². The summed E-state index contributed by atoms with van der Waals surface area (Å²) >= 11 is 3.32. The molecule has 1 aromatic carbocycles. The summed E-state index contributed by atoms with van der Waals surface area (Å²) in [5.74, 6) is 0.815. The van der Waals surface area contributed by atoms with Crippen LogP contribution >= 0.6 is 23.1 Å². The van der Waals surface area contributed by atoms with Gasteiger partial charge in [-0.2, -0.15) is 0 Å². The molecule has 0 spiro atoms. The Labute approximate surface area is 109 Å². The Bertz CT molecular complexity index is 486. The van der Waals surface area contributed by atoms with E-state index in [1.54, 1.807) is 23.1 Å². The number of thioether (sulfide) groups is 1. The topological polar surface area (TPSA) is 17.1 Å². The van der Waals surface area contributed by atoms with Crippen molar-refractivity contribution in [3.05, 3.63) is 58.8 Å². The van der Waals surface area contributed by atoms with Gasteiger partial charge in [-0.3, -0.25) is 4.79 Å². The van der Waals surface area contributed by atoms with E-state index in [4.69, 9.17) is 0 Å². The van der Waals surface area contributed by atoms with Gasteiger partial charge in [-0.1, -0.05) is 30.3 Å². The average molecular weight is 260 g/mol. The van der Waals surface area contributed by atoms with Crippen LogP contribution in [-0.2, 0) is 4.79 Å². The number of benzene rings is 1. The first-order valence-electron chi connectivity index (χ1n) is 5.27. The van der Waals surface area contributed by atoms with E-state index in [2.05, 4.69) is 12.1 Å². The lowest BCUT2D eigenvalue weighted by atomic mass is 10.2. The van der Waals surface area contributed by atoms with Crippen molar-refractivity contribution in [1.82, 2.24) is 0 Å². The third-order valence-electron chi connectivity index (χ3n) is 2.23. The molecule has 1 aromatic heterocycles. The molecule has 0 saturated heterocycles. The lowest BCUT2D eigenvalue weighted by Gasteiger charge is -1.98. The molecule has 0 amide bonds. The number of carbonyl (C=O) groups excluding carboxylic acids is 1. The number of rotatable bonds is 5. The van der Waals surface area contributed by atoms with Crippen molar-refractivity contribution in [1.29, 1.82) is 0 Å². The van der Waals surface area contributed by atoms with Crippen molar-refractivity contribution in [2.75, 3.05) is 5.75 Å². The SMILES string of the molecule is O=C/C(=C/CSc1ccccc1)c1cccs1. The molecule has 1 heterocycles. The normalized spacial score (nSPS) is 11.4. The highest BCUT2D eigenvalue weighted by Gasteiger charge is 2.00. The van der Waals surface area contributed by atoms with E-state index >= 15 is 0 Å². The van der Waals surface area contributed by atoms with E-state index < -0.39 is 0 Å². The number of carbonyl (C=O) groups is 1. The van der Waals surface area contributed by atoms with Gasteiger partial charge < -0.3 is 0 Å². The quantitative estimate of drug-likeness (QED) is 0.457. The Morgan fingerprint density at radius 1 is 1.18 bits per heavy atom. The molecule has 0 fully saturated rings. The molecular weight excluding hydrogens is 248 g/mol.